The molecule has 3 heterocycles. The van der Waals surface area contributed by atoms with Gasteiger partial charge in [-0.3, -0.25) is 0 Å². The SMILES string of the molecule is Cc1noc(C)c1COC(=O)/C=C/c1cn(-c2ccccc2)nc1-c1cc2ccccc2oc1=O. The van der Waals surface area contributed by atoms with Crippen molar-refractivity contribution in [2.45, 2.75) is 20.5 Å². The Bertz CT molecular complexity index is 1590. The molecule has 0 amide bonds. The zero-order chi connectivity index (χ0) is 24.4. The van der Waals surface area contributed by atoms with E-state index in [0.29, 0.717) is 33.9 Å². The number of aryl methyl sites for hydroxylation is 2. The van der Waals surface area contributed by atoms with Gasteiger partial charge < -0.3 is 13.7 Å². The van der Waals surface area contributed by atoms with Gasteiger partial charge in [0.1, 0.15) is 23.6 Å². The molecule has 0 aliphatic heterocycles. The highest BCUT2D eigenvalue weighted by molar-refractivity contribution is 5.89. The van der Waals surface area contributed by atoms with Crippen LogP contribution in [0.5, 0.6) is 0 Å². The number of nitrogens with zero attached hydrogens (tertiary/aromatic N) is 3. The van der Waals surface area contributed by atoms with Gasteiger partial charge in [-0.2, -0.15) is 5.10 Å². The number of hydrogen-bond donors (Lipinski definition) is 0. The van der Waals surface area contributed by atoms with Crippen molar-refractivity contribution in [3.63, 3.8) is 0 Å². The molecule has 0 fully saturated rings. The summed E-state index contributed by atoms with van der Waals surface area (Å²) in [5.41, 5.74) is 3.43. The fraction of sp³-hybridized carbons (Fsp3) is 0.111. The largest absolute Gasteiger partial charge is 0.457 e. The molecule has 0 atom stereocenters. The molecule has 0 bridgehead atoms. The summed E-state index contributed by atoms with van der Waals surface area (Å²) >= 11 is 0. The minimum atomic E-state index is -0.547. The molecule has 5 aromatic rings. The van der Waals surface area contributed by atoms with Gasteiger partial charge in [0.2, 0.25) is 0 Å². The standard InChI is InChI=1S/C27H21N3O5/c1-17-23(18(2)35-29-17)16-33-25(31)13-12-20-15-30(21-9-4-3-5-10-21)28-26(20)22-14-19-8-6-7-11-24(19)34-27(22)32/h3-15H,16H2,1-2H3/b13-12+. The Kier molecular flexibility index (Phi) is 5.85. The van der Waals surface area contributed by atoms with Crippen LogP contribution in [0, 0.1) is 13.8 Å². The van der Waals surface area contributed by atoms with Gasteiger partial charge >= 0.3 is 11.6 Å². The van der Waals surface area contributed by atoms with E-state index in [1.54, 1.807) is 49.0 Å². The van der Waals surface area contributed by atoms with Gasteiger partial charge in [0.25, 0.3) is 0 Å². The van der Waals surface area contributed by atoms with E-state index in [1.165, 1.54) is 6.08 Å². The number of benzene rings is 2. The van der Waals surface area contributed by atoms with Gasteiger partial charge in [0, 0.05) is 23.2 Å². The third kappa shape index (κ3) is 4.54. The Morgan fingerprint density at radius 3 is 2.63 bits per heavy atom. The Morgan fingerprint density at radius 2 is 1.86 bits per heavy atom. The van der Waals surface area contributed by atoms with Gasteiger partial charge in [0.05, 0.1) is 22.5 Å². The van der Waals surface area contributed by atoms with E-state index in [-0.39, 0.29) is 6.61 Å². The van der Waals surface area contributed by atoms with E-state index in [2.05, 4.69) is 10.3 Å². The van der Waals surface area contributed by atoms with Crippen LogP contribution in [0.2, 0.25) is 0 Å². The van der Waals surface area contributed by atoms with Crippen LogP contribution in [-0.4, -0.2) is 20.9 Å². The van der Waals surface area contributed by atoms with Crippen molar-refractivity contribution < 1.29 is 18.5 Å². The lowest BCUT2D eigenvalue weighted by molar-refractivity contribution is -0.138. The van der Waals surface area contributed by atoms with Crippen molar-refractivity contribution in [1.29, 1.82) is 0 Å². The van der Waals surface area contributed by atoms with E-state index in [9.17, 15) is 9.59 Å². The van der Waals surface area contributed by atoms with E-state index in [4.69, 9.17) is 13.7 Å². The van der Waals surface area contributed by atoms with Gasteiger partial charge in [-0.1, -0.05) is 41.6 Å². The minimum absolute atomic E-state index is 0.0503. The number of carbonyl (C=O) groups excluding carboxylic acids is 1. The lowest BCUT2D eigenvalue weighted by atomic mass is 10.1. The summed E-state index contributed by atoms with van der Waals surface area (Å²) in [6.45, 7) is 3.60. The molecule has 0 aliphatic carbocycles. The first-order valence-corrected chi connectivity index (χ1v) is 10.9. The van der Waals surface area contributed by atoms with E-state index in [0.717, 1.165) is 16.6 Å². The number of rotatable bonds is 6. The molecule has 0 unspecified atom stereocenters. The number of fused-ring (bicyclic) bond motifs is 1. The molecule has 174 valence electrons. The molecule has 0 saturated heterocycles. The van der Waals surface area contributed by atoms with Crippen LogP contribution < -0.4 is 5.63 Å². The van der Waals surface area contributed by atoms with Crippen molar-refractivity contribution in [3.8, 4) is 16.9 Å². The number of para-hydroxylation sites is 2. The van der Waals surface area contributed by atoms with Gasteiger partial charge in [0.15, 0.2) is 0 Å². The van der Waals surface area contributed by atoms with E-state index < -0.39 is 11.6 Å². The highest BCUT2D eigenvalue weighted by Crippen LogP contribution is 2.25. The maximum Gasteiger partial charge on any atom is 0.345 e. The fourth-order valence-corrected chi connectivity index (χ4v) is 3.72. The summed E-state index contributed by atoms with van der Waals surface area (Å²) in [6, 6.07) is 18.5. The van der Waals surface area contributed by atoms with Gasteiger partial charge in [-0.25, -0.2) is 14.3 Å². The van der Waals surface area contributed by atoms with E-state index in [1.807, 2.05) is 42.5 Å². The predicted molar refractivity (Wildman–Crippen MR) is 130 cm³/mol. The normalized spacial score (nSPS) is 11.4. The van der Waals surface area contributed by atoms with Crippen LogP contribution in [0.3, 0.4) is 0 Å². The Morgan fingerprint density at radius 1 is 1.09 bits per heavy atom. The Balaban J connectivity index is 1.50. The number of hydrogen-bond acceptors (Lipinski definition) is 7. The molecule has 8 nitrogen and oxygen atoms in total. The molecule has 0 aliphatic rings. The summed E-state index contributed by atoms with van der Waals surface area (Å²) in [5.74, 6) is 0.0580. The summed E-state index contributed by atoms with van der Waals surface area (Å²) < 4.78 is 17.6. The molecular formula is C27H21N3O5. The third-order valence-corrected chi connectivity index (χ3v) is 5.60. The second-order valence-electron chi connectivity index (χ2n) is 7.94. The zero-order valence-electron chi connectivity index (χ0n) is 19.1. The monoisotopic (exact) mass is 467 g/mol. The first-order chi connectivity index (χ1) is 17.0. The second-order valence-corrected chi connectivity index (χ2v) is 7.94. The Hall–Kier alpha value is -4.72. The van der Waals surface area contributed by atoms with Crippen molar-refractivity contribution >= 4 is 23.0 Å². The molecule has 2 aromatic carbocycles. The number of ether oxygens (including phenoxy) is 1. The highest BCUT2D eigenvalue weighted by Gasteiger charge is 2.17. The van der Waals surface area contributed by atoms with Crippen molar-refractivity contribution in [1.82, 2.24) is 14.9 Å². The van der Waals surface area contributed by atoms with Gasteiger partial charge in [-0.05, 0) is 44.2 Å². The Labute approximate surface area is 200 Å². The number of aromatic nitrogens is 3. The quantitative estimate of drug-likeness (QED) is 0.197. The highest BCUT2D eigenvalue weighted by atomic mass is 16.5. The maximum atomic E-state index is 12.8. The summed E-state index contributed by atoms with van der Waals surface area (Å²) in [4.78, 5) is 25.3. The number of carbonyl (C=O) groups is 1. The van der Waals surface area contributed by atoms with Crippen molar-refractivity contribution in [3.05, 3.63) is 106 Å². The second kappa shape index (κ2) is 9.26. The molecular weight excluding hydrogens is 446 g/mol. The van der Waals surface area contributed by atoms with Crippen molar-refractivity contribution in [2.24, 2.45) is 0 Å². The molecule has 0 spiro atoms. The van der Waals surface area contributed by atoms with Crippen LogP contribution in [0.1, 0.15) is 22.6 Å². The summed E-state index contributed by atoms with van der Waals surface area (Å²) in [5, 5.41) is 9.27. The zero-order valence-corrected chi connectivity index (χ0v) is 19.1. The topological polar surface area (TPSA) is 100 Å². The fourth-order valence-electron chi connectivity index (χ4n) is 3.72. The average Bonchev–Trinajstić information content (AvgIpc) is 3.44. The molecule has 5 rings (SSSR count). The maximum absolute atomic E-state index is 12.8. The average molecular weight is 467 g/mol. The first kappa shape index (κ1) is 22.1. The van der Waals surface area contributed by atoms with Crippen LogP contribution in [0.25, 0.3) is 34.0 Å². The van der Waals surface area contributed by atoms with Crippen LogP contribution in [0.15, 0.2) is 86.7 Å². The van der Waals surface area contributed by atoms with Crippen LogP contribution in [-0.2, 0) is 16.1 Å². The van der Waals surface area contributed by atoms with E-state index >= 15 is 0 Å². The summed E-state index contributed by atoms with van der Waals surface area (Å²) in [7, 11) is 0. The predicted octanol–water partition coefficient (Wildman–Crippen LogP) is 5.01. The third-order valence-electron chi connectivity index (χ3n) is 5.60. The van der Waals surface area contributed by atoms with Crippen LogP contribution >= 0.6 is 0 Å². The lowest BCUT2D eigenvalue weighted by Gasteiger charge is -2.02. The molecule has 0 saturated carbocycles. The number of esters is 1. The smallest absolute Gasteiger partial charge is 0.345 e. The molecule has 0 N–H and O–H groups in total. The van der Waals surface area contributed by atoms with Crippen molar-refractivity contribution in [2.75, 3.05) is 0 Å². The minimum Gasteiger partial charge on any atom is -0.457 e. The lowest BCUT2D eigenvalue weighted by Crippen LogP contribution is -2.05. The summed E-state index contributed by atoms with van der Waals surface area (Å²) in [6.07, 6.45) is 4.63. The molecule has 3 aromatic heterocycles. The van der Waals surface area contributed by atoms with Crippen LogP contribution in [0.4, 0.5) is 0 Å². The molecule has 8 heteroatoms. The molecule has 0 radical (unpaired) electrons. The first-order valence-electron chi connectivity index (χ1n) is 10.9. The van der Waals surface area contributed by atoms with Gasteiger partial charge in [-0.15, -0.1) is 0 Å². The molecule has 35 heavy (non-hydrogen) atoms.